The number of amides is 2. The number of anilines is 1. The first-order valence-corrected chi connectivity index (χ1v) is 11.4. The Kier molecular flexibility index (Phi) is 7.75. The summed E-state index contributed by atoms with van der Waals surface area (Å²) in [5, 5.41) is 0. The molecule has 2 fully saturated rings. The molecule has 1 unspecified atom stereocenters. The van der Waals surface area contributed by atoms with Gasteiger partial charge in [-0.15, -0.1) is 0 Å². The topological polar surface area (TPSA) is 47.1 Å². The number of piperidine rings is 2. The van der Waals surface area contributed by atoms with Crippen molar-refractivity contribution in [2.45, 2.75) is 44.6 Å². The molecule has 2 heterocycles. The van der Waals surface area contributed by atoms with Crippen LogP contribution in [0.15, 0.2) is 24.3 Å². The van der Waals surface area contributed by atoms with Crippen LogP contribution in [0.5, 0.6) is 0 Å². The van der Waals surface area contributed by atoms with Gasteiger partial charge in [-0.05, 0) is 82.4 Å². The van der Waals surface area contributed by atoms with E-state index in [1.165, 1.54) is 0 Å². The molecule has 30 heavy (non-hydrogen) atoms. The average Bonchev–Trinajstić information content (AvgIpc) is 2.77. The summed E-state index contributed by atoms with van der Waals surface area (Å²) in [7, 11) is 8.10. The molecule has 2 aliphatic rings. The second kappa shape index (κ2) is 10.3. The molecule has 0 aromatic heterocycles. The Morgan fingerprint density at radius 2 is 1.67 bits per heavy atom. The predicted octanol–water partition coefficient (Wildman–Crippen LogP) is 2.94. The summed E-state index contributed by atoms with van der Waals surface area (Å²) in [6, 6.07) is 8.20. The van der Waals surface area contributed by atoms with Crippen LogP contribution in [-0.4, -0.2) is 86.9 Å². The van der Waals surface area contributed by atoms with Crippen LogP contribution in [0.1, 0.15) is 48.9 Å². The van der Waals surface area contributed by atoms with Crippen LogP contribution in [0, 0.1) is 5.92 Å². The zero-order valence-electron chi connectivity index (χ0n) is 19.1. The van der Waals surface area contributed by atoms with E-state index in [2.05, 4.69) is 11.9 Å². The molecule has 0 saturated carbocycles. The van der Waals surface area contributed by atoms with Crippen molar-refractivity contribution in [3.05, 3.63) is 29.8 Å². The second-order valence-corrected chi connectivity index (χ2v) is 9.28. The maximum absolute atomic E-state index is 12.9. The van der Waals surface area contributed by atoms with Crippen molar-refractivity contribution in [3.8, 4) is 0 Å². The van der Waals surface area contributed by atoms with Crippen LogP contribution in [0.25, 0.3) is 0 Å². The van der Waals surface area contributed by atoms with E-state index < -0.39 is 0 Å². The molecular weight excluding hydrogens is 376 g/mol. The zero-order valence-corrected chi connectivity index (χ0v) is 19.1. The van der Waals surface area contributed by atoms with E-state index in [1.807, 2.05) is 60.1 Å². The highest BCUT2D eigenvalue weighted by Gasteiger charge is 2.27. The number of benzene rings is 1. The van der Waals surface area contributed by atoms with Gasteiger partial charge in [0, 0.05) is 57.9 Å². The summed E-state index contributed by atoms with van der Waals surface area (Å²) in [6.07, 6.45) is 5.72. The molecule has 6 heteroatoms. The Hall–Kier alpha value is -2.08. The minimum absolute atomic E-state index is 0.111. The van der Waals surface area contributed by atoms with Gasteiger partial charge in [0.2, 0.25) is 5.91 Å². The molecule has 0 aliphatic carbocycles. The second-order valence-electron chi connectivity index (χ2n) is 9.28. The molecule has 0 radical (unpaired) electrons. The van der Waals surface area contributed by atoms with Crippen molar-refractivity contribution in [1.82, 2.24) is 14.7 Å². The van der Waals surface area contributed by atoms with Gasteiger partial charge in [0.25, 0.3) is 5.91 Å². The smallest absolute Gasteiger partial charge is 0.253 e. The third-order valence-electron chi connectivity index (χ3n) is 6.83. The molecule has 0 bridgehead atoms. The standard InChI is InChI=1S/C24H38N4O2/c1-25(2)21-10-8-20(9-11-21)24(30)28-15-5-6-19(18-28)7-12-23(29)27(4)22-13-16-26(3)17-14-22/h8-11,19,22H,5-7,12-18H2,1-4H3. The van der Waals surface area contributed by atoms with Crippen LogP contribution in [0.2, 0.25) is 0 Å². The Labute approximate surface area is 181 Å². The molecule has 1 aromatic rings. The largest absolute Gasteiger partial charge is 0.378 e. The fourth-order valence-corrected chi connectivity index (χ4v) is 4.66. The Morgan fingerprint density at radius 1 is 1.00 bits per heavy atom. The van der Waals surface area contributed by atoms with Gasteiger partial charge in [0.15, 0.2) is 0 Å². The highest BCUT2D eigenvalue weighted by atomic mass is 16.2. The molecule has 3 rings (SSSR count). The lowest BCUT2D eigenvalue weighted by atomic mass is 9.92. The SMILES string of the molecule is CN1CCC(N(C)C(=O)CCC2CCCN(C(=O)c3ccc(N(C)C)cc3)C2)CC1. The fraction of sp³-hybridized carbons (Fsp3) is 0.667. The monoisotopic (exact) mass is 414 g/mol. The molecule has 1 aromatic carbocycles. The molecule has 2 saturated heterocycles. The van der Waals surface area contributed by atoms with E-state index in [9.17, 15) is 9.59 Å². The van der Waals surface area contributed by atoms with Gasteiger partial charge in [-0.3, -0.25) is 9.59 Å². The third kappa shape index (κ3) is 5.75. The summed E-state index contributed by atoms with van der Waals surface area (Å²) in [6.45, 7) is 3.71. The number of carbonyl (C=O) groups excluding carboxylic acids is 2. The first-order chi connectivity index (χ1) is 14.3. The minimum atomic E-state index is 0.111. The van der Waals surface area contributed by atoms with Crippen LogP contribution < -0.4 is 4.90 Å². The van der Waals surface area contributed by atoms with Gasteiger partial charge in [-0.2, -0.15) is 0 Å². The normalized spacial score (nSPS) is 20.8. The fourth-order valence-electron chi connectivity index (χ4n) is 4.66. The number of hydrogen-bond acceptors (Lipinski definition) is 4. The predicted molar refractivity (Wildman–Crippen MR) is 122 cm³/mol. The minimum Gasteiger partial charge on any atom is -0.378 e. The van der Waals surface area contributed by atoms with E-state index in [4.69, 9.17) is 0 Å². The third-order valence-corrected chi connectivity index (χ3v) is 6.83. The van der Waals surface area contributed by atoms with Gasteiger partial charge in [0.1, 0.15) is 0 Å². The number of carbonyl (C=O) groups is 2. The van der Waals surface area contributed by atoms with Gasteiger partial charge < -0.3 is 19.6 Å². The van der Waals surface area contributed by atoms with Gasteiger partial charge in [-0.1, -0.05) is 0 Å². The molecule has 1 atom stereocenters. The lowest BCUT2D eigenvalue weighted by molar-refractivity contribution is -0.133. The highest BCUT2D eigenvalue weighted by molar-refractivity contribution is 5.94. The molecule has 0 N–H and O–H groups in total. The van der Waals surface area contributed by atoms with E-state index in [0.717, 1.165) is 69.5 Å². The van der Waals surface area contributed by atoms with E-state index in [-0.39, 0.29) is 11.8 Å². The maximum Gasteiger partial charge on any atom is 0.253 e. The molecular formula is C24H38N4O2. The van der Waals surface area contributed by atoms with E-state index in [0.29, 0.717) is 18.4 Å². The summed E-state index contributed by atoms with van der Waals surface area (Å²) in [5.74, 6) is 0.783. The van der Waals surface area contributed by atoms with E-state index in [1.54, 1.807) is 0 Å². The van der Waals surface area contributed by atoms with Crippen LogP contribution in [-0.2, 0) is 4.79 Å². The number of rotatable bonds is 6. The number of likely N-dealkylation sites (tertiary alicyclic amines) is 2. The van der Waals surface area contributed by atoms with Crippen LogP contribution in [0.3, 0.4) is 0 Å². The summed E-state index contributed by atoms with van der Waals surface area (Å²) < 4.78 is 0. The molecule has 6 nitrogen and oxygen atoms in total. The lowest BCUT2D eigenvalue weighted by Gasteiger charge is -2.36. The number of hydrogen-bond donors (Lipinski definition) is 0. The van der Waals surface area contributed by atoms with Crippen molar-refractivity contribution in [1.29, 1.82) is 0 Å². The molecule has 2 aliphatic heterocycles. The first-order valence-electron chi connectivity index (χ1n) is 11.4. The number of nitrogens with zero attached hydrogens (tertiary/aromatic N) is 4. The summed E-state index contributed by atoms with van der Waals surface area (Å²) in [4.78, 5) is 34.0. The van der Waals surface area contributed by atoms with Crippen molar-refractivity contribution >= 4 is 17.5 Å². The van der Waals surface area contributed by atoms with Gasteiger partial charge in [0.05, 0.1) is 0 Å². The van der Waals surface area contributed by atoms with Crippen molar-refractivity contribution in [3.63, 3.8) is 0 Å². The van der Waals surface area contributed by atoms with Crippen LogP contribution in [0.4, 0.5) is 5.69 Å². The van der Waals surface area contributed by atoms with Crippen molar-refractivity contribution in [2.24, 2.45) is 5.92 Å². The zero-order chi connectivity index (χ0) is 21.7. The quantitative estimate of drug-likeness (QED) is 0.718. The van der Waals surface area contributed by atoms with Crippen molar-refractivity contribution in [2.75, 3.05) is 59.3 Å². The Balaban J connectivity index is 1.48. The Bertz CT molecular complexity index is 710. The maximum atomic E-state index is 12.9. The molecule has 0 spiro atoms. The molecule has 166 valence electrons. The van der Waals surface area contributed by atoms with E-state index >= 15 is 0 Å². The van der Waals surface area contributed by atoms with Gasteiger partial charge >= 0.3 is 0 Å². The average molecular weight is 415 g/mol. The van der Waals surface area contributed by atoms with Crippen molar-refractivity contribution < 1.29 is 9.59 Å². The summed E-state index contributed by atoms with van der Waals surface area (Å²) in [5.41, 5.74) is 1.84. The first kappa shape index (κ1) is 22.6. The Morgan fingerprint density at radius 3 is 2.30 bits per heavy atom. The lowest BCUT2D eigenvalue weighted by Crippen LogP contribution is -2.44. The molecule has 2 amide bonds. The highest BCUT2D eigenvalue weighted by Crippen LogP contribution is 2.24. The van der Waals surface area contributed by atoms with Crippen LogP contribution >= 0.6 is 0 Å². The summed E-state index contributed by atoms with van der Waals surface area (Å²) >= 11 is 0. The van der Waals surface area contributed by atoms with Gasteiger partial charge in [-0.25, -0.2) is 0 Å².